The molecule has 0 bridgehead atoms. The lowest BCUT2D eigenvalue weighted by molar-refractivity contribution is -0.119. The summed E-state index contributed by atoms with van der Waals surface area (Å²) in [5.41, 5.74) is 1.11. The number of anilines is 1. The zero-order valence-electron chi connectivity index (χ0n) is 21.4. The van der Waals surface area contributed by atoms with Crippen LogP contribution in [-0.4, -0.2) is 46.7 Å². The smallest absolute Gasteiger partial charge is 0.264 e. The SMILES string of the molecule is CC(C)Oc1cccc(CCCNC(=O)CN(c2cccc(F)c2)S(=O)(=O)c2ccc3c(c2)OCCO3)c1. The summed E-state index contributed by atoms with van der Waals surface area (Å²) in [5, 5.41) is 2.77. The molecule has 3 aromatic carbocycles. The molecule has 1 aliphatic heterocycles. The van der Waals surface area contributed by atoms with Crippen molar-refractivity contribution in [1.82, 2.24) is 5.32 Å². The lowest BCUT2D eigenvalue weighted by Crippen LogP contribution is -2.41. The van der Waals surface area contributed by atoms with Crippen LogP contribution in [-0.2, 0) is 21.2 Å². The Kier molecular flexibility index (Phi) is 8.73. The van der Waals surface area contributed by atoms with Crippen molar-refractivity contribution in [3.8, 4) is 17.2 Å². The van der Waals surface area contributed by atoms with Crippen molar-refractivity contribution in [2.45, 2.75) is 37.7 Å². The highest BCUT2D eigenvalue weighted by Gasteiger charge is 2.29. The molecule has 0 fully saturated rings. The number of rotatable bonds is 11. The van der Waals surface area contributed by atoms with E-state index in [2.05, 4.69) is 5.32 Å². The van der Waals surface area contributed by atoms with E-state index in [4.69, 9.17) is 14.2 Å². The van der Waals surface area contributed by atoms with Gasteiger partial charge in [-0.25, -0.2) is 12.8 Å². The minimum Gasteiger partial charge on any atom is -0.491 e. The highest BCUT2D eigenvalue weighted by Crippen LogP contribution is 2.34. The van der Waals surface area contributed by atoms with Gasteiger partial charge in [0.1, 0.15) is 31.3 Å². The number of halogens is 1. The van der Waals surface area contributed by atoms with Crippen LogP contribution < -0.4 is 23.8 Å². The maximum absolute atomic E-state index is 14.0. The molecule has 0 spiro atoms. The van der Waals surface area contributed by atoms with E-state index in [1.807, 2.05) is 38.1 Å². The first-order valence-corrected chi connectivity index (χ1v) is 13.9. The second-order valence-electron chi connectivity index (χ2n) is 9.06. The van der Waals surface area contributed by atoms with E-state index in [0.29, 0.717) is 44.1 Å². The lowest BCUT2D eigenvalue weighted by atomic mass is 10.1. The van der Waals surface area contributed by atoms with E-state index in [0.717, 1.165) is 21.7 Å². The number of fused-ring (bicyclic) bond motifs is 1. The summed E-state index contributed by atoms with van der Waals surface area (Å²) >= 11 is 0. The van der Waals surface area contributed by atoms with Gasteiger partial charge in [-0.3, -0.25) is 9.10 Å². The number of benzene rings is 3. The molecule has 202 valence electrons. The van der Waals surface area contributed by atoms with Crippen LogP contribution in [0.2, 0.25) is 0 Å². The maximum Gasteiger partial charge on any atom is 0.264 e. The third-order valence-electron chi connectivity index (χ3n) is 5.72. The van der Waals surface area contributed by atoms with E-state index in [9.17, 15) is 17.6 Å². The van der Waals surface area contributed by atoms with Crippen LogP contribution >= 0.6 is 0 Å². The first-order valence-electron chi connectivity index (χ1n) is 12.4. The fourth-order valence-electron chi connectivity index (χ4n) is 4.01. The molecular weight excluding hydrogens is 511 g/mol. The first kappa shape index (κ1) is 27.3. The van der Waals surface area contributed by atoms with Gasteiger partial charge < -0.3 is 19.5 Å². The average Bonchev–Trinajstić information content (AvgIpc) is 2.89. The van der Waals surface area contributed by atoms with Gasteiger partial charge in [0.2, 0.25) is 5.91 Å². The van der Waals surface area contributed by atoms with Crippen LogP contribution in [0.3, 0.4) is 0 Å². The number of hydrogen-bond acceptors (Lipinski definition) is 6. The zero-order chi connectivity index (χ0) is 27.1. The van der Waals surface area contributed by atoms with Crippen molar-refractivity contribution >= 4 is 21.6 Å². The number of nitrogens with zero attached hydrogens (tertiary/aromatic N) is 1. The largest absolute Gasteiger partial charge is 0.491 e. The molecule has 1 heterocycles. The van der Waals surface area contributed by atoms with Crippen molar-refractivity contribution in [2.75, 3.05) is 30.6 Å². The minimum atomic E-state index is -4.23. The number of amides is 1. The van der Waals surface area contributed by atoms with Crippen LogP contribution in [0.5, 0.6) is 17.2 Å². The fraction of sp³-hybridized carbons (Fsp3) is 0.321. The summed E-state index contributed by atoms with van der Waals surface area (Å²) < 4.78 is 58.8. The summed E-state index contributed by atoms with van der Waals surface area (Å²) in [5.74, 6) is 0.397. The Labute approximate surface area is 222 Å². The molecule has 1 aliphatic rings. The van der Waals surface area contributed by atoms with Crippen LogP contribution in [0.4, 0.5) is 10.1 Å². The number of hydrogen-bond donors (Lipinski definition) is 1. The van der Waals surface area contributed by atoms with Gasteiger partial charge in [-0.05, 0) is 74.7 Å². The lowest BCUT2D eigenvalue weighted by Gasteiger charge is -2.25. The molecule has 0 aliphatic carbocycles. The molecule has 4 rings (SSSR count). The second-order valence-corrected chi connectivity index (χ2v) is 10.9. The Bertz CT molecular complexity index is 1380. The maximum atomic E-state index is 14.0. The molecule has 3 aromatic rings. The summed E-state index contributed by atoms with van der Waals surface area (Å²) in [6.07, 6.45) is 1.42. The van der Waals surface area contributed by atoms with Gasteiger partial charge in [0.15, 0.2) is 11.5 Å². The van der Waals surface area contributed by atoms with E-state index in [-0.39, 0.29) is 16.7 Å². The molecule has 0 unspecified atom stereocenters. The van der Waals surface area contributed by atoms with Crippen molar-refractivity contribution in [3.05, 3.63) is 78.1 Å². The molecule has 0 saturated carbocycles. The van der Waals surface area contributed by atoms with Crippen LogP contribution in [0.1, 0.15) is 25.8 Å². The van der Waals surface area contributed by atoms with Gasteiger partial charge in [0.05, 0.1) is 16.7 Å². The number of nitrogens with one attached hydrogen (secondary N) is 1. The molecule has 10 heteroatoms. The number of ether oxygens (including phenoxy) is 3. The quantitative estimate of drug-likeness (QED) is 0.363. The Balaban J connectivity index is 1.44. The Morgan fingerprint density at radius 1 is 1.03 bits per heavy atom. The summed E-state index contributed by atoms with van der Waals surface area (Å²) in [6, 6.07) is 17.1. The van der Waals surface area contributed by atoms with Crippen molar-refractivity contribution in [2.24, 2.45) is 0 Å². The zero-order valence-corrected chi connectivity index (χ0v) is 22.2. The van der Waals surface area contributed by atoms with Crippen molar-refractivity contribution < 1.29 is 31.8 Å². The van der Waals surface area contributed by atoms with Crippen LogP contribution in [0, 0.1) is 5.82 Å². The molecule has 8 nitrogen and oxygen atoms in total. The molecular formula is C28H31FN2O6S. The third-order valence-corrected chi connectivity index (χ3v) is 7.49. The van der Waals surface area contributed by atoms with E-state index in [1.54, 1.807) is 0 Å². The topological polar surface area (TPSA) is 94.2 Å². The average molecular weight is 543 g/mol. The Hall–Kier alpha value is -3.79. The normalized spacial score (nSPS) is 12.7. The van der Waals surface area contributed by atoms with Crippen molar-refractivity contribution in [3.63, 3.8) is 0 Å². The van der Waals surface area contributed by atoms with Gasteiger partial charge in [-0.15, -0.1) is 0 Å². The van der Waals surface area contributed by atoms with Gasteiger partial charge >= 0.3 is 0 Å². The fourth-order valence-corrected chi connectivity index (χ4v) is 5.44. The van der Waals surface area contributed by atoms with Crippen molar-refractivity contribution in [1.29, 1.82) is 0 Å². The third kappa shape index (κ3) is 6.95. The predicted octanol–water partition coefficient (Wildman–Crippen LogP) is 4.33. The van der Waals surface area contributed by atoms with Crippen LogP contribution in [0.25, 0.3) is 0 Å². The van der Waals surface area contributed by atoms with E-state index >= 15 is 0 Å². The number of sulfonamides is 1. The summed E-state index contributed by atoms with van der Waals surface area (Å²) in [7, 11) is -4.23. The molecule has 0 radical (unpaired) electrons. The van der Waals surface area contributed by atoms with Crippen LogP contribution in [0.15, 0.2) is 71.6 Å². The monoisotopic (exact) mass is 542 g/mol. The summed E-state index contributed by atoms with van der Waals surface area (Å²) in [4.78, 5) is 12.7. The number of aryl methyl sites for hydroxylation is 1. The minimum absolute atomic E-state index is 0.0389. The molecule has 38 heavy (non-hydrogen) atoms. The second kappa shape index (κ2) is 12.2. The Morgan fingerprint density at radius 2 is 1.79 bits per heavy atom. The van der Waals surface area contributed by atoms with Gasteiger partial charge in [0, 0.05) is 12.6 Å². The molecule has 0 saturated heterocycles. The van der Waals surface area contributed by atoms with E-state index in [1.165, 1.54) is 36.4 Å². The summed E-state index contributed by atoms with van der Waals surface area (Å²) in [6.45, 7) is 4.41. The van der Waals surface area contributed by atoms with Gasteiger partial charge in [-0.1, -0.05) is 18.2 Å². The number of carbonyl (C=O) groups is 1. The predicted molar refractivity (Wildman–Crippen MR) is 142 cm³/mol. The van der Waals surface area contributed by atoms with E-state index < -0.39 is 28.3 Å². The molecule has 1 amide bonds. The standard InChI is InChI=1S/C28H31FN2O6S/c1-20(2)37-24-10-3-6-21(16-24)7-5-13-30-28(32)19-31(23-9-4-8-22(29)17-23)38(33,34)25-11-12-26-27(18-25)36-15-14-35-26/h3-4,6,8-12,16-18,20H,5,7,13-15,19H2,1-2H3,(H,30,32). The van der Waals surface area contributed by atoms with Gasteiger partial charge in [-0.2, -0.15) is 0 Å². The molecule has 1 N–H and O–H groups in total. The highest BCUT2D eigenvalue weighted by molar-refractivity contribution is 7.92. The van der Waals surface area contributed by atoms with Gasteiger partial charge in [0.25, 0.3) is 10.0 Å². The Morgan fingerprint density at radius 3 is 2.55 bits per heavy atom. The molecule has 0 atom stereocenters. The molecule has 0 aromatic heterocycles. The highest BCUT2D eigenvalue weighted by atomic mass is 32.2. The number of carbonyl (C=O) groups excluding carboxylic acids is 1. The first-order chi connectivity index (χ1) is 18.2.